The topological polar surface area (TPSA) is 78.5 Å². The third-order valence-electron chi connectivity index (χ3n) is 2.76. The molecule has 3 aromatic rings. The molecule has 0 N–H and O–H groups in total. The number of thiazole rings is 1. The second kappa shape index (κ2) is 3.98. The molecule has 0 aromatic carbocycles. The van der Waals surface area contributed by atoms with Crippen LogP contribution in [0.25, 0.3) is 11.0 Å². The Labute approximate surface area is 106 Å². The monoisotopic (exact) mass is 262 g/mol. The first kappa shape index (κ1) is 11.0. The lowest BCUT2D eigenvalue weighted by molar-refractivity contribution is 0.598. The van der Waals surface area contributed by atoms with Gasteiger partial charge in [-0.2, -0.15) is 5.10 Å². The zero-order chi connectivity index (χ0) is 12.7. The lowest BCUT2D eigenvalue weighted by atomic mass is 10.4. The number of fused-ring (bicyclic) bond motifs is 1. The van der Waals surface area contributed by atoms with Crippen molar-refractivity contribution in [2.24, 2.45) is 7.05 Å². The van der Waals surface area contributed by atoms with Crippen molar-refractivity contribution >= 4 is 22.4 Å². The molecule has 0 radical (unpaired) electrons. The van der Waals surface area contributed by atoms with Crippen LogP contribution < -0.4 is 5.56 Å². The van der Waals surface area contributed by atoms with Crippen LogP contribution in [0.2, 0.25) is 0 Å². The maximum Gasteiger partial charge on any atom is 0.281 e. The van der Waals surface area contributed by atoms with Gasteiger partial charge in [0, 0.05) is 11.9 Å². The minimum atomic E-state index is -0.180. The summed E-state index contributed by atoms with van der Waals surface area (Å²) in [7, 11) is 1.73. The van der Waals surface area contributed by atoms with Crippen LogP contribution in [0, 0.1) is 6.92 Å². The van der Waals surface area contributed by atoms with E-state index in [-0.39, 0.29) is 5.56 Å². The van der Waals surface area contributed by atoms with Crippen molar-refractivity contribution < 1.29 is 0 Å². The van der Waals surface area contributed by atoms with Crippen molar-refractivity contribution in [3.63, 3.8) is 0 Å². The summed E-state index contributed by atoms with van der Waals surface area (Å²) < 4.78 is 2.87. The smallest absolute Gasteiger partial charge is 0.267 e. The highest BCUT2D eigenvalue weighted by atomic mass is 32.1. The summed E-state index contributed by atoms with van der Waals surface area (Å²) in [4.78, 5) is 17.3. The Balaban J connectivity index is 2.11. The SMILES string of the molecule is Cc1ncsc1Cn1nnc2c(cnn2C)c1=O. The molecule has 0 atom stereocenters. The maximum atomic E-state index is 12.2. The fraction of sp³-hybridized carbons (Fsp3) is 0.300. The number of aromatic nitrogens is 6. The van der Waals surface area contributed by atoms with E-state index in [9.17, 15) is 4.79 Å². The second-order valence-electron chi connectivity index (χ2n) is 3.92. The molecule has 3 aromatic heterocycles. The molecule has 0 fully saturated rings. The third kappa shape index (κ3) is 1.61. The Kier molecular flexibility index (Phi) is 2.44. The predicted molar refractivity (Wildman–Crippen MR) is 66.5 cm³/mol. The van der Waals surface area contributed by atoms with Crippen molar-refractivity contribution in [2.75, 3.05) is 0 Å². The van der Waals surface area contributed by atoms with E-state index in [1.165, 1.54) is 26.9 Å². The first-order chi connectivity index (χ1) is 8.66. The van der Waals surface area contributed by atoms with Crippen LogP contribution in [-0.4, -0.2) is 29.8 Å². The molecule has 0 aliphatic rings. The van der Waals surface area contributed by atoms with Gasteiger partial charge in [-0.1, -0.05) is 5.21 Å². The average molecular weight is 262 g/mol. The van der Waals surface area contributed by atoms with E-state index in [2.05, 4.69) is 20.4 Å². The molecule has 8 heteroatoms. The van der Waals surface area contributed by atoms with Gasteiger partial charge in [-0.05, 0) is 6.92 Å². The number of hydrogen-bond donors (Lipinski definition) is 0. The first-order valence-corrected chi connectivity index (χ1v) is 6.19. The molecule has 3 heterocycles. The highest BCUT2D eigenvalue weighted by Crippen LogP contribution is 2.12. The van der Waals surface area contributed by atoms with Crippen molar-refractivity contribution in [3.05, 3.63) is 32.6 Å². The van der Waals surface area contributed by atoms with E-state index >= 15 is 0 Å². The van der Waals surface area contributed by atoms with Gasteiger partial charge >= 0.3 is 0 Å². The lowest BCUT2D eigenvalue weighted by Gasteiger charge is -2.01. The second-order valence-corrected chi connectivity index (χ2v) is 4.86. The van der Waals surface area contributed by atoms with Crippen LogP contribution in [0.1, 0.15) is 10.6 Å². The molecule has 0 aliphatic carbocycles. The van der Waals surface area contributed by atoms with Gasteiger partial charge in [-0.25, -0.2) is 14.3 Å². The Morgan fingerprint density at radius 2 is 2.28 bits per heavy atom. The zero-order valence-corrected chi connectivity index (χ0v) is 10.7. The Morgan fingerprint density at radius 1 is 1.44 bits per heavy atom. The van der Waals surface area contributed by atoms with Gasteiger partial charge in [0.25, 0.3) is 5.56 Å². The molecule has 0 saturated carbocycles. The Bertz CT molecular complexity index is 770. The number of hydrogen-bond acceptors (Lipinski definition) is 6. The average Bonchev–Trinajstić information content (AvgIpc) is 2.91. The minimum Gasteiger partial charge on any atom is -0.267 e. The quantitative estimate of drug-likeness (QED) is 0.665. The van der Waals surface area contributed by atoms with Gasteiger partial charge in [0.05, 0.1) is 23.9 Å². The van der Waals surface area contributed by atoms with Crippen LogP contribution in [0.4, 0.5) is 0 Å². The molecule has 7 nitrogen and oxygen atoms in total. The summed E-state index contributed by atoms with van der Waals surface area (Å²) in [6.07, 6.45) is 1.52. The molecular weight excluding hydrogens is 252 g/mol. The molecule has 0 spiro atoms. The van der Waals surface area contributed by atoms with E-state index in [4.69, 9.17) is 0 Å². The first-order valence-electron chi connectivity index (χ1n) is 5.31. The maximum absolute atomic E-state index is 12.2. The van der Waals surface area contributed by atoms with Crippen LogP contribution in [0.3, 0.4) is 0 Å². The molecule has 0 saturated heterocycles. The van der Waals surface area contributed by atoms with E-state index in [1.54, 1.807) is 12.6 Å². The summed E-state index contributed by atoms with van der Waals surface area (Å²) in [6.45, 7) is 2.31. The zero-order valence-electron chi connectivity index (χ0n) is 9.86. The van der Waals surface area contributed by atoms with Crippen LogP contribution in [-0.2, 0) is 13.6 Å². The molecule has 3 rings (SSSR count). The van der Waals surface area contributed by atoms with E-state index in [0.29, 0.717) is 17.6 Å². The lowest BCUT2D eigenvalue weighted by Crippen LogP contribution is -2.24. The molecule has 18 heavy (non-hydrogen) atoms. The van der Waals surface area contributed by atoms with Crippen molar-refractivity contribution in [1.82, 2.24) is 29.8 Å². The van der Waals surface area contributed by atoms with Gasteiger partial charge in [0.2, 0.25) is 0 Å². The van der Waals surface area contributed by atoms with Gasteiger partial charge in [0.15, 0.2) is 5.65 Å². The van der Waals surface area contributed by atoms with Gasteiger partial charge in [-0.3, -0.25) is 4.79 Å². The highest BCUT2D eigenvalue weighted by Gasteiger charge is 2.11. The molecule has 0 aliphatic heterocycles. The Hall–Kier alpha value is -2.09. The van der Waals surface area contributed by atoms with E-state index in [0.717, 1.165) is 10.6 Å². The summed E-state index contributed by atoms with van der Waals surface area (Å²) in [6, 6.07) is 0. The summed E-state index contributed by atoms with van der Waals surface area (Å²) in [5.74, 6) is 0. The number of nitrogens with zero attached hydrogens (tertiary/aromatic N) is 6. The third-order valence-corrected chi connectivity index (χ3v) is 3.68. The molecule has 0 bridgehead atoms. The van der Waals surface area contributed by atoms with E-state index < -0.39 is 0 Å². The normalized spacial score (nSPS) is 11.2. The summed E-state index contributed by atoms with van der Waals surface area (Å²) >= 11 is 1.50. The molecular formula is C10H10N6OS. The van der Waals surface area contributed by atoms with Gasteiger partial charge in [-0.15, -0.1) is 16.4 Å². The highest BCUT2D eigenvalue weighted by molar-refractivity contribution is 7.09. The fourth-order valence-electron chi connectivity index (χ4n) is 1.69. The largest absolute Gasteiger partial charge is 0.281 e. The molecule has 0 amide bonds. The standard InChI is InChI=1S/C10H10N6OS/c1-6-8(18-5-11-6)4-16-10(17)7-3-12-15(2)9(7)13-14-16/h3,5H,4H2,1-2H3. The van der Waals surface area contributed by atoms with Crippen molar-refractivity contribution in [2.45, 2.75) is 13.5 Å². The van der Waals surface area contributed by atoms with Crippen molar-refractivity contribution in [3.8, 4) is 0 Å². The number of aryl methyl sites for hydroxylation is 2. The fourth-order valence-corrected chi connectivity index (χ4v) is 2.45. The van der Waals surface area contributed by atoms with E-state index in [1.807, 2.05) is 6.92 Å². The minimum absolute atomic E-state index is 0.180. The van der Waals surface area contributed by atoms with Crippen molar-refractivity contribution in [1.29, 1.82) is 0 Å². The molecule has 92 valence electrons. The van der Waals surface area contributed by atoms with Crippen LogP contribution in [0.15, 0.2) is 16.5 Å². The van der Waals surface area contributed by atoms with Gasteiger partial charge < -0.3 is 0 Å². The summed E-state index contributed by atoms with van der Waals surface area (Å²) in [5.41, 5.74) is 2.99. The Morgan fingerprint density at radius 3 is 3.00 bits per heavy atom. The number of rotatable bonds is 2. The van der Waals surface area contributed by atoms with Gasteiger partial charge in [0.1, 0.15) is 5.39 Å². The molecule has 0 unspecified atom stereocenters. The predicted octanol–water partition coefficient (Wildman–Crippen LogP) is 0.338. The summed E-state index contributed by atoms with van der Waals surface area (Å²) in [5, 5.41) is 12.4. The van der Waals surface area contributed by atoms with Crippen LogP contribution >= 0.6 is 11.3 Å². The van der Waals surface area contributed by atoms with Crippen LogP contribution in [0.5, 0.6) is 0 Å².